The Morgan fingerprint density at radius 3 is 1.78 bits per heavy atom. The lowest BCUT2D eigenvalue weighted by Crippen LogP contribution is -1.90. The van der Waals surface area contributed by atoms with Crippen LogP contribution in [0.3, 0.4) is 0 Å². The van der Waals surface area contributed by atoms with Crippen molar-refractivity contribution in [1.82, 2.24) is 15.0 Å². The summed E-state index contributed by atoms with van der Waals surface area (Å²) in [6.45, 7) is 0. The smallest absolute Gasteiger partial charge is 0.0708 e. The Morgan fingerprint density at radius 1 is 0.417 bits per heavy atom. The van der Waals surface area contributed by atoms with E-state index in [1.807, 2.05) is 30.6 Å². The first-order chi connectivity index (χ1) is 17.8. The number of rotatable bonds is 3. The third-order valence-corrected chi connectivity index (χ3v) is 6.88. The van der Waals surface area contributed by atoms with Gasteiger partial charge in [-0.15, -0.1) is 0 Å². The number of hydrogen-bond donors (Lipinski definition) is 0. The SMILES string of the molecule is c1ccc2c(c1)ccc1c3ccccc3c(-c3ccc(-c4ccc(-c5ccncc5)nc4)cn3)cc21. The van der Waals surface area contributed by atoms with Crippen molar-refractivity contribution in [3.05, 3.63) is 128 Å². The zero-order valence-corrected chi connectivity index (χ0v) is 19.5. The van der Waals surface area contributed by atoms with Gasteiger partial charge in [0.05, 0.1) is 11.4 Å². The van der Waals surface area contributed by atoms with Crippen LogP contribution in [0.2, 0.25) is 0 Å². The van der Waals surface area contributed by atoms with Crippen molar-refractivity contribution in [2.75, 3.05) is 0 Å². The van der Waals surface area contributed by atoms with Gasteiger partial charge in [0.25, 0.3) is 0 Å². The number of benzene rings is 4. The molecule has 0 aliphatic rings. The molecule has 3 aromatic heterocycles. The Hall–Kier alpha value is -4.89. The second-order valence-corrected chi connectivity index (χ2v) is 8.95. The maximum absolute atomic E-state index is 4.91. The molecule has 3 heterocycles. The minimum absolute atomic E-state index is 0.931. The van der Waals surface area contributed by atoms with Crippen molar-refractivity contribution >= 4 is 32.3 Å². The van der Waals surface area contributed by atoms with Gasteiger partial charge in [-0.3, -0.25) is 15.0 Å². The highest BCUT2D eigenvalue weighted by Crippen LogP contribution is 2.37. The average molecular weight is 460 g/mol. The van der Waals surface area contributed by atoms with Gasteiger partial charge in [0.1, 0.15) is 0 Å². The van der Waals surface area contributed by atoms with Gasteiger partial charge in [0.15, 0.2) is 0 Å². The lowest BCUT2D eigenvalue weighted by Gasteiger charge is -2.13. The summed E-state index contributed by atoms with van der Waals surface area (Å²) in [5.41, 5.74) is 6.18. The molecule has 0 atom stereocenters. The predicted molar refractivity (Wildman–Crippen MR) is 149 cm³/mol. The fraction of sp³-hybridized carbons (Fsp3) is 0. The fourth-order valence-electron chi connectivity index (χ4n) is 5.05. The fourth-order valence-corrected chi connectivity index (χ4v) is 5.05. The summed E-state index contributed by atoms with van der Waals surface area (Å²) in [5, 5.41) is 7.49. The van der Waals surface area contributed by atoms with Crippen molar-refractivity contribution in [2.45, 2.75) is 0 Å². The first-order valence-electron chi connectivity index (χ1n) is 12.0. The minimum Gasteiger partial charge on any atom is -0.265 e. The van der Waals surface area contributed by atoms with E-state index in [0.29, 0.717) is 0 Å². The molecule has 0 spiro atoms. The van der Waals surface area contributed by atoms with Crippen LogP contribution in [0.4, 0.5) is 0 Å². The van der Waals surface area contributed by atoms with Gasteiger partial charge in [-0.25, -0.2) is 0 Å². The van der Waals surface area contributed by atoms with Crippen LogP contribution in [0.15, 0.2) is 128 Å². The second kappa shape index (κ2) is 8.40. The molecular weight excluding hydrogens is 438 g/mol. The van der Waals surface area contributed by atoms with Gasteiger partial charge in [-0.1, -0.05) is 72.8 Å². The molecule has 0 radical (unpaired) electrons. The van der Waals surface area contributed by atoms with Crippen LogP contribution in [-0.2, 0) is 0 Å². The summed E-state index contributed by atoms with van der Waals surface area (Å²) in [7, 11) is 0. The van der Waals surface area contributed by atoms with Crippen LogP contribution in [-0.4, -0.2) is 15.0 Å². The van der Waals surface area contributed by atoms with Gasteiger partial charge in [-0.2, -0.15) is 0 Å². The third kappa shape index (κ3) is 3.41. The van der Waals surface area contributed by atoms with E-state index in [2.05, 4.69) is 94.9 Å². The van der Waals surface area contributed by atoms with Crippen LogP contribution in [0.25, 0.3) is 66.0 Å². The summed E-state index contributed by atoms with van der Waals surface area (Å²) < 4.78 is 0. The van der Waals surface area contributed by atoms with Gasteiger partial charge in [0.2, 0.25) is 0 Å². The molecule has 0 bridgehead atoms. The molecule has 4 aromatic carbocycles. The van der Waals surface area contributed by atoms with E-state index < -0.39 is 0 Å². The zero-order valence-electron chi connectivity index (χ0n) is 19.5. The summed E-state index contributed by atoms with van der Waals surface area (Å²) in [6, 6.07) is 36.3. The number of nitrogens with zero attached hydrogens (tertiary/aromatic N) is 3. The van der Waals surface area contributed by atoms with E-state index in [9.17, 15) is 0 Å². The summed E-state index contributed by atoms with van der Waals surface area (Å²) in [5.74, 6) is 0. The third-order valence-electron chi connectivity index (χ3n) is 6.88. The first-order valence-corrected chi connectivity index (χ1v) is 12.0. The molecule has 36 heavy (non-hydrogen) atoms. The molecule has 0 aliphatic carbocycles. The van der Waals surface area contributed by atoms with E-state index in [-0.39, 0.29) is 0 Å². The van der Waals surface area contributed by atoms with E-state index in [4.69, 9.17) is 4.98 Å². The Kier molecular flexibility index (Phi) is 4.78. The second-order valence-electron chi connectivity index (χ2n) is 8.95. The Morgan fingerprint density at radius 2 is 1.06 bits per heavy atom. The molecule has 7 aromatic rings. The molecule has 3 heteroatoms. The molecule has 0 N–H and O–H groups in total. The van der Waals surface area contributed by atoms with Crippen molar-refractivity contribution in [3.8, 4) is 33.6 Å². The van der Waals surface area contributed by atoms with E-state index >= 15 is 0 Å². The van der Waals surface area contributed by atoms with Gasteiger partial charge in [-0.05, 0) is 62.6 Å². The van der Waals surface area contributed by atoms with Gasteiger partial charge < -0.3 is 0 Å². The number of aromatic nitrogens is 3. The first kappa shape index (κ1) is 20.5. The predicted octanol–water partition coefficient (Wildman–Crippen LogP) is 8.33. The maximum Gasteiger partial charge on any atom is 0.0708 e. The van der Waals surface area contributed by atoms with Crippen molar-refractivity contribution in [1.29, 1.82) is 0 Å². The highest BCUT2D eigenvalue weighted by molar-refractivity contribution is 6.20. The van der Waals surface area contributed by atoms with Crippen LogP contribution in [0.5, 0.6) is 0 Å². The highest BCUT2D eigenvalue weighted by Gasteiger charge is 2.12. The van der Waals surface area contributed by atoms with Crippen LogP contribution < -0.4 is 0 Å². The molecule has 0 amide bonds. The molecule has 0 aliphatic heterocycles. The monoisotopic (exact) mass is 459 g/mol. The summed E-state index contributed by atoms with van der Waals surface area (Å²) in [6.07, 6.45) is 7.42. The normalized spacial score (nSPS) is 11.3. The van der Waals surface area contributed by atoms with Crippen LogP contribution in [0, 0.1) is 0 Å². The molecular formula is C33H21N3. The molecule has 0 unspecified atom stereocenters. The lowest BCUT2D eigenvalue weighted by atomic mass is 9.92. The van der Waals surface area contributed by atoms with Crippen LogP contribution >= 0.6 is 0 Å². The summed E-state index contributed by atoms with van der Waals surface area (Å²) in [4.78, 5) is 13.6. The number of fused-ring (bicyclic) bond motifs is 5. The van der Waals surface area contributed by atoms with E-state index in [1.165, 1.54) is 32.3 Å². The average Bonchev–Trinajstić information content (AvgIpc) is 2.97. The van der Waals surface area contributed by atoms with Crippen molar-refractivity contribution in [2.24, 2.45) is 0 Å². The van der Waals surface area contributed by atoms with Crippen molar-refractivity contribution in [3.63, 3.8) is 0 Å². The minimum atomic E-state index is 0.931. The Bertz CT molecular complexity index is 1860. The van der Waals surface area contributed by atoms with Gasteiger partial charge >= 0.3 is 0 Å². The van der Waals surface area contributed by atoms with E-state index in [0.717, 1.165) is 33.6 Å². The largest absolute Gasteiger partial charge is 0.265 e. The lowest BCUT2D eigenvalue weighted by molar-refractivity contribution is 1.28. The Balaban J connectivity index is 1.33. The van der Waals surface area contributed by atoms with Crippen LogP contribution in [0.1, 0.15) is 0 Å². The standard InChI is InChI=1S/C33H21N3/c1-2-6-26-22(5-1)9-12-29-27-7-3-4-8-28(27)31(19-30(26)29)33-14-11-25(21-36-33)24-10-13-32(35-20-24)23-15-17-34-18-16-23/h1-21H. The topological polar surface area (TPSA) is 38.7 Å². The molecule has 3 nitrogen and oxygen atoms in total. The summed E-state index contributed by atoms with van der Waals surface area (Å²) >= 11 is 0. The molecule has 0 saturated heterocycles. The molecule has 168 valence electrons. The highest BCUT2D eigenvalue weighted by atomic mass is 14.7. The van der Waals surface area contributed by atoms with E-state index in [1.54, 1.807) is 12.4 Å². The van der Waals surface area contributed by atoms with Crippen molar-refractivity contribution < 1.29 is 0 Å². The zero-order chi connectivity index (χ0) is 23.9. The molecule has 0 fully saturated rings. The number of pyridine rings is 3. The quantitative estimate of drug-likeness (QED) is 0.249. The molecule has 7 rings (SSSR count). The number of hydrogen-bond acceptors (Lipinski definition) is 3. The molecule has 0 saturated carbocycles. The Labute approximate surface area is 208 Å². The maximum atomic E-state index is 4.91. The van der Waals surface area contributed by atoms with Gasteiger partial charge in [0, 0.05) is 47.0 Å².